The number of aryl methyl sites for hydroxylation is 1. The van der Waals surface area contributed by atoms with Crippen LogP contribution in [0.4, 0.5) is 10.7 Å². The molecule has 3 amide bonds. The first-order valence-corrected chi connectivity index (χ1v) is 11.8. The van der Waals surface area contributed by atoms with Crippen molar-refractivity contribution < 1.29 is 14.4 Å². The Morgan fingerprint density at radius 2 is 1.94 bits per heavy atom. The van der Waals surface area contributed by atoms with E-state index in [1.54, 1.807) is 18.5 Å². The Morgan fingerprint density at radius 3 is 2.65 bits per heavy atom. The summed E-state index contributed by atoms with van der Waals surface area (Å²) >= 11 is 1.49. The molecule has 1 atom stereocenters. The van der Waals surface area contributed by atoms with Crippen LogP contribution in [-0.2, 0) is 22.4 Å². The summed E-state index contributed by atoms with van der Waals surface area (Å²) in [5.41, 5.74) is 2.12. The van der Waals surface area contributed by atoms with Gasteiger partial charge in [-0.05, 0) is 56.2 Å². The number of nitrogens with zero attached hydrogens (tertiary/aromatic N) is 1. The summed E-state index contributed by atoms with van der Waals surface area (Å²) in [6.45, 7) is 2.67. The molecule has 1 unspecified atom stereocenters. The average molecular weight is 441 g/mol. The van der Waals surface area contributed by atoms with Gasteiger partial charge in [0.1, 0.15) is 5.00 Å². The SMILES string of the molecule is CCCCNC(=O)c1c(NC(=O)C2CC2)sc2c1CC(C(=O)Nc1cccnc1)CC2. The molecule has 164 valence electrons. The second kappa shape index (κ2) is 9.60. The molecular formula is C23H28N4O3S. The predicted octanol–water partition coefficient (Wildman–Crippen LogP) is 3.77. The topological polar surface area (TPSA) is 100 Å². The maximum atomic E-state index is 13.0. The number of hydrogen-bond acceptors (Lipinski definition) is 5. The molecule has 8 heteroatoms. The van der Waals surface area contributed by atoms with Gasteiger partial charge in [-0.1, -0.05) is 13.3 Å². The fraction of sp³-hybridized carbons (Fsp3) is 0.478. The van der Waals surface area contributed by atoms with E-state index >= 15 is 0 Å². The monoisotopic (exact) mass is 440 g/mol. The highest BCUT2D eigenvalue weighted by molar-refractivity contribution is 7.17. The number of thiophene rings is 1. The van der Waals surface area contributed by atoms with E-state index in [9.17, 15) is 14.4 Å². The number of carbonyl (C=O) groups is 3. The van der Waals surface area contributed by atoms with Crippen LogP contribution in [-0.4, -0.2) is 29.3 Å². The Labute approximate surface area is 186 Å². The van der Waals surface area contributed by atoms with Crippen molar-refractivity contribution in [1.29, 1.82) is 0 Å². The van der Waals surface area contributed by atoms with Gasteiger partial charge in [-0.15, -0.1) is 11.3 Å². The van der Waals surface area contributed by atoms with Crippen molar-refractivity contribution in [2.75, 3.05) is 17.2 Å². The lowest BCUT2D eigenvalue weighted by Gasteiger charge is -2.22. The quantitative estimate of drug-likeness (QED) is 0.544. The van der Waals surface area contributed by atoms with E-state index in [1.165, 1.54) is 11.3 Å². The van der Waals surface area contributed by atoms with Crippen LogP contribution in [0.25, 0.3) is 0 Å². The number of anilines is 2. The van der Waals surface area contributed by atoms with Crippen molar-refractivity contribution in [1.82, 2.24) is 10.3 Å². The Kier molecular flexibility index (Phi) is 6.65. The first-order valence-electron chi connectivity index (χ1n) is 11.0. The van der Waals surface area contributed by atoms with Gasteiger partial charge in [0, 0.05) is 29.5 Å². The zero-order valence-electron chi connectivity index (χ0n) is 17.7. The maximum Gasteiger partial charge on any atom is 0.254 e. The highest BCUT2D eigenvalue weighted by Gasteiger charge is 2.35. The minimum absolute atomic E-state index is 0.00734. The van der Waals surface area contributed by atoms with Gasteiger partial charge >= 0.3 is 0 Å². The van der Waals surface area contributed by atoms with Gasteiger partial charge in [0.15, 0.2) is 0 Å². The number of fused-ring (bicyclic) bond motifs is 1. The fourth-order valence-electron chi connectivity index (χ4n) is 3.84. The van der Waals surface area contributed by atoms with Crippen molar-refractivity contribution in [3.05, 3.63) is 40.5 Å². The summed E-state index contributed by atoms with van der Waals surface area (Å²) in [7, 11) is 0. The molecule has 0 spiro atoms. The number of pyridine rings is 1. The number of unbranched alkanes of at least 4 members (excludes halogenated alkanes) is 1. The first kappa shape index (κ1) is 21.5. The zero-order chi connectivity index (χ0) is 21.8. The van der Waals surface area contributed by atoms with Crippen molar-refractivity contribution in [2.45, 2.75) is 51.9 Å². The van der Waals surface area contributed by atoms with Gasteiger partial charge in [0.2, 0.25) is 11.8 Å². The maximum absolute atomic E-state index is 13.0. The van der Waals surface area contributed by atoms with E-state index in [-0.39, 0.29) is 29.6 Å². The molecule has 0 saturated heterocycles. The smallest absolute Gasteiger partial charge is 0.254 e. The molecule has 3 N–H and O–H groups in total. The first-order chi connectivity index (χ1) is 15.1. The van der Waals surface area contributed by atoms with Crippen LogP contribution >= 0.6 is 11.3 Å². The van der Waals surface area contributed by atoms with Crippen LogP contribution in [0.5, 0.6) is 0 Å². The van der Waals surface area contributed by atoms with E-state index in [1.807, 2.05) is 6.07 Å². The number of nitrogens with one attached hydrogen (secondary N) is 3. The Morgan fingerprint density at radius 1 is 1.13 bits per heavy atom. The third-order valence-electron chi connectivity index (χ3n) is 5.79. The number of aromatic nitrogens is 1. The van der Waals surface area contributed by atoms with Crippen molar-refractivity contribution in [2.24, 2.45) is 11.8 Å². The summed E-state index contributed by atoms with van der Waals surface area (Å²) in [6, 6.07) is 3.59. The van der Waals surface area contributed by atoms with Crippen LogP contribution in [0.1, 0.15) is 59.8 Å². The Bertz CT molecular complexity index is 969. The zero-order valence-corrected chi connectivity index (χ0v) is 18.5. The van der Waals surface area contributed by atoms with Crippen LogP contribution in [0.15, 0.2) is 24.5 Å². The highest BCUT2D eigenvalue weighted by Crippen LogP contribution is 2.41. The summed E-state index contributed by atoms with van der Waals surface area (Å²) in [5, 5.41) is 9.54. The van der Waals surface area contributed by atoms with Crippen LogP contribution in [0.2, 0.25) is 0 Å². The molecule has 31 heavy (non-hydrogen) atoms. The van der Waals surface area contributed by atoms with Crippen LogP contribution in [0, 0.1) is 11.8 Å². The fourth-order valence-corrected chi connectivity index (χ4v) is 5.09. The number of hydrogen-bond donors (Lipinski definition) is 3. The predicted molar refractivity (Wildman–Crippen MR) is 121 cm³/mol. The molecule has 0 radical (unpaired) electrons. The lowest BCUT2D eigenvalue weighted by Crippen LogP contribution is -2.30. The molecule has 4 rings (SSSR count). The highest BCUT2D eigenvalue weighted by atomic mass is 32.1. The molecule has 2 aliphatic rings. The second-order valence-corrected chi connectivity index (χ2v) is 9.36. The van der Waals surface area contributed by atoms with Gasteiger partial charge in [-0.3, -0.25) is 19.4 Å². The van der Waals surface area contributed by atoms with Gasteiger partial charge in [0.05, 0.1) is 17.4 Å². The Balaban J connectivity index is 1.54. The molecule has 2 aromatic rings. The van der Waals surface area contributed by atoms with E-state index in [2.05, 4.69) is 27.9 Å². The summed E-state index contributed by atoms with van der Waals surface area (Å²) in [6.07, 6.45) is 8.92. The van der Waals surface area contributed by atoms with Crippen molar-refractivity contribution in [3.63, 3.8) is 0 Å². The molecule has 0 aliphatic heterocycles. The third kappa shape index (κ3) is 5.12. The minimum Gasteiger partial charge on any atom is -0.352 e. The van der Waals surface area contributed by atoms with Crippen LogP contribution < -0.4 is 16.0 Å². The van der Waals surface area contributed by atoms with E-state index in [0.29, 0.717) is 35.6 Å². The molecular weight excluding hydrogens is 412 g/mol. The van der Waals surface area contributed by atoms with Gasteiger partial charge in [-0.2, -0.15) is 0 Å². The lowest BCUT2D eigenvalue weighted by molar-refractivity contribution is -0.120. The van der Waals surface area contributed by atoms with Gasteiger partial charge < -0.3 is 16.0 Å². The van der Waals surface area contributed by atoms with E-state index < -0.39 is 0 Å². The summed E-state index contributed by atoms with van der Waals surface area (Å²) in [4.78, 5) is 43.4. The molecule has 2 aromatic heterocycles. The molecule has 1 fully saturated rings. The van der Waals surface area contributed by atoms with Crippen LogP contribution in [0.3, 0.4) is 0 Å². The Hall–Kier alpha value is -2.74. The van der Waals surface area contributed by atoms with Crippen molar-refractivity contribution >= 4 is 39.7 Å². The largest absolute Gasteiger partial charge is 0.352 e. The second-order valence-electron chi connectivity index (χ2n) is 8.25. The lowest BCUT2D eigenvalue weighted by atomic mass is 9.85. The third-order valence-corrected chi connectivity index (χ3v) is 7.00. The molecule has 1 saturated carbocycles. The summed E-state index contributed by atoms with van der Waals surface area (Å²) < 4.78 is 0. The average Bonchev–Trinajstić information content (AvgIpc) is 3.56. The molecule has 2 aliphatic carbocycles. The molecule has 2 heterocycles. The normalized spacial score (nSPS) is 17.5. The van der Waals surface area contributed by atoms with Gasteiger partial charge in [0.25, 0.3) is 5.91 Å². The van der Waals surface area contributed by atoms with E-state index in [4.69, 9.17) is 0 Å². The number of amides is 3. The molecule has 0 aromatic carbocycles. The number of rotatable bonds is 8. The summed E-state index contributed by atoms with van der Waals surface area (Å²) in [5.74, 6) is -0.396. The van der Waals surface area contributed by atoms with E-state index in [0.717, 1.165) is 42.5 Å². The standard InChI is InChI=1S/C23H28N4O3S/c1-2-3-11-25-22(30)19-17-12-15(21(29)26-16-5-4-10-24-13-16)8-9-18(17)31-23(19)27-20(28)14-6-7-14/h4-5,10,13-15H,2-3,6-9,11-12H2,1H3,(H,25,30)(H,26,29)(H,27,28). The molecule has 0 bridgehead atoms. The minimum atomic E-state index is -0.225. The van der Waals surface area contributed by atoms with Crippen molar-refractivity contribution in [3.8, 4) is 0 Å². The molecule has 7 nitrogen and oxygen atoms in total. The number of carbonyl (C=O) groups excluding carboxylic acids is 3. The van der Waals surface area contributed by atoms with Gasteiger partial charge in [-0.25, -0.2) is 0 Å².